The zero-order chi connectivity index (χ0) is 13.7. The molecule has 0 fully saturated rings. The standard InChI is InChI=1S/C12H11NO5/c1-7-8(12(17)18)3-2-4-9(7)13-10(14)5-6-11(15)16/h2-6H,1H3,(H,13,14)(H,15,16)(H,17,18)/b6-5+. The number of hydrogen-bond donors (Lipinski definition) is 3. The number of carbonyl (C=O) groups is 3. The van der Waals surface area contributed by atoms with Gasteiger partial charge in [-0.15, -0.1) is 0 Å². The van der Waals surface area contributed by atoms with Gasteiger partial charge in [-0.2, -0.15) is 0 Å². The Kier molecular flexibility index (Phi) is 4.20. The van der Waals surface area contributed by atoms with Crippen LogP contribution in [0.2, 0.25) is 0 Å². The maximum atomic E-state index is 11.3. The topological polar surface area (TPSA) is 104 Å². The highest BCUT2D eigenvalue weighted by atomic mass is 16.4. The van der Waals surface area contributed by atoms with E-state index in [0.29, 0.717) is 17.3 Å². The van der Waals surface area contributed by atoms with E-state index in [1.165, 1.54) is 18.2 Å². The van der Waals surface area contributed by atoms with Crippen LogP contribution < -0.4 is 5.32 Å². The molecule has 0 spiro atoms. The van der Waals surface area contributed by atoms with Crippen molar-refractivity contribution in [2.24, 2.45) is 0 Å². The largest absolute Gasteiger partial charge is 0.478 e. The van der Waals surface area contributed by atoms with Crippen molar-refractivity contribution in [2.45, 2.75) is 6.92 Å². The number of benzene rings is 1. The number of aromatic carboxylic acids is 1. The van der Waals surface area contributed by atoms with Crippen LogP contribution in [0.15, 0.2) is 30.4 Å². The molecule has 1 rings (SSSR count). The minimum Gasteiger partial charge on any atom is -0.478 e. The first-order chi connectivity index (χ1) is 8.41. The van der Waals surface area contributed by atoms with Gasteiger partial charge in [-0.3, -0.25) is 4.79 Å². The molecule has 0 aromatic heterocycles. The molecule has 0 radical (unpaired) electrons. The van der Waals surface area contributed by atoms with Crippen LogP contribution in [0.3, 0.4) is 0 Å². The molecule has 1 aromatic rings. The van der Waals surface area contributed by atoms with E-state index in [1.54, 1.807) is 6.92 Å². The van der Waals surface area contributed by atoms with E-state index < -0.39 is 17.8 Å². The summed E-state index contributed by atoms with van der Waals surface area (Å²) in [5, 5.41) is 19.7. The molecule has 0 atom stereocenters. The molecule has 0 bridgehead atoms. The van der Waals surface area contributed by atoms with Crippen molar-refractivity contribution in [2.75, 3.05) is 5.32 Å². The summed E-state index contributed by atoms with van der Waals surface area (Å²) in [5.41, 5.74) is 0.812. The number of amides is 1. The molecule has 0 heterocycles. The minimum absolute atomic E-state index is 0.0787. The Balaban J connectivity index is 2.92. The monoisotopic (exact) mass is 249 g/mol. The lowest BCUT2D eigenvalue weighted by atomic mass is 10.1. The zero-order valence-corrected chi connectivity index (χ0v) is 9.51. The van der Waals surface area contributed by atoms with E-state index in [-0.39, 0.29) is 5.56 Å². The van der Waals surface area contributed by atoms with Crippen molar-refractivity contribution in [3.63, 3.8) is 0 Å². The maximum Gasteiger partial charge on any atom is 0.336 e. The number of carboxylic acids is 2. The third-order valence-electron chi connectivity index (χ3n) is 2.20. The smallest absolute Gasteiger partial charge is 0.336 e. The van der Waals surface area contributed by atoms with Gasteiger partial charge in [0.25, 0.3) is 0 Å². The van der Waals surface area contributed by atoms with Crippen LogP contribution in [0.25, 0.3) is 0 Å². The highest BCUT2D eigenvalue weighted by Gasteiger charge is 2.10. The highest BCUT2D eigenvalue weighted by Crippen LogP contribution is 2.18. The third-order valence-corrected chi connectivity index (χ3v) is 2.20. The molecule has 0 aliphatic rings. The van der Waals surface area contributed by atoms with Crippen LogP contribution in [0, 0.1) is 6.92 Å². The summed E-state index contributed by atoms with van der Waals surface area (Å²) < 4.78 is 0. The predicted octanol–water partition coefficient (Wildman–Crippen LogP) is 1.27. The molecule has 0 aliphatic heterocycles. The minimum atomic E-state index is -1.24. The number of carbonyl (C=O) groups excluding carboxylic acids is 1. The third kappa shape index (κ3) is 3.44. The maximum absolute atomic E-state index is 11.3. The Hall–Kier alpha value is -2.63. The normalized spacial score (nSPS) is 10.3. The summed E-state index contributed by atoms with van der Waals surface area (Å²) in [4.78, 5) is 32.4. The van der Waals surface area contributed by atoms with Gasteiger partial charge in [0, 0.05) is 17.8 Å². The summed E-state index contributed by atoms with van der Waals surface area (Å²) in [5.74, 6) is -2.96. The number of rotatable bonds is 4. The Morgan fingerprint density at radius 3 is 2.39 bits per heavy atom. The van der Waals surface area contributed by atoms with Crippen molar-refractivity contribution in [1.82, 2.24) is 0 Å². The Bertz CT molecular complexity index is 533. The van der Waals surface area contributed by atoms with Crippen molar-refractivity contribution in [1.29, 1.82) is 0 Å². The van der Waals surface area contributed by atoms with Gasteiger partial charge >= 0.3 is 11.9 Å². The fourth-order valence-electron chi connectivity index (χ4n) is 1.32. The summed E-state index contributed by atoms with van der Waals surface area (Å²) in [6.07, 6.45) is 1.56. The van der Waals surface area contributed by atoms with Crippen LogP contribution in [0.4, 0.5) is 5.69 Å². The molecule has 0 aliphatic carbocycles. The van der Waals surface area contributed by atoms with E-state index in [0.717, 1.165) is 6.08 Å². The molecule has 0 saturated heterocycles. The van der Waals surface area contributed by atoms with Crippen LogP contribution >= 0.6 is 0 Å². The van der Waals surface area contributed by atoms with Gasteiger partial charge in [0.2, 0.25) is 5.91 Å². The molecule has 0 unspecified atom stereocenters. The Labute approximate surface area is 103 Å². The first kappa shape index (κ1) is 13.4. The average Bonchev–Trinajstić information content (AvgIpc) is 2.29. The first-order valence-corrected chi connectivity index (χ1v) is 4.96. The highest BCUT2D eigenvalue weighted by molar-refractivity contribution is 6.03. The first-order valence-electron chi connectivity index (χ1n) is 4.96. The van der Waals surface area contributed by atoms with Crippen LogP contribution in [0.5, 0.6) is 0 Å². The second-order valence-electron chi connectivity index (χ2n) is 3.44. The van der Waals surface area contributed by atoms with Gasteiger partial charge in [-0.1, -0.05) is 6.07 Å². The van der Waals surface area contributed by atoms with Gasteiger partial charge in [-0.05, 0) is 24.6 Å². The van der Waals surface area contributed by atoms with Crippen molar-refractivity contribution >= 4 is 23.5 Å². The van der Waals surface area contributed by atoms with Crippen LogP contribution in [0.1, 0.15) is 15.9 Å². The number of nitrogens with one attached hydrogen (secondary N) is 1. The summed E-state index contributed by atoms with van der Waals surface area (Å²) in [7, 11) is 0. The lowest BCUT2D eigenvalue weighted by molar-refractivity contribution is -0.131. The van der Waals surface area contributed by atoms with Crippen molar-refractivity contribution in [3.05, 3.63) is 41.5 Å². The number of anilines is 1. The van der Waals surface area contributed by atoms with E-state index in [1.807, 2.05) is 0 Å². The number of carboxylic acid groups (broad SMARTS) is 2. The van der Waals surface area contributed by atoms with Crippen LogP contribution in [-0.4, -0.2) is 28.1 Å². The molecule has 1 amide bonds. The van der Waals surface area contributed by atoms with E-state index in [2.05, 4.69) is 5.32 Å². The van der Waals surface area contributed by atoms with Gasteiger partial charge in [0.05, 0.1) is 5.56 Å². The molecule has 1 aromatic carbocycles. The molecule has 6 heteroatoms. The average molecular weight is 249 g/mol. The summed E-state index contributed by atoms with van der Waals surface area (Å²) in [6, 6.07) is 4.45. The quantitative estimate of drug-likeness (QED) is 0.697. The molecule has 3 N–H and O–H groups in total. The van der Waals surface area contributed by atoms with Gasteiger partial charge in [0.15, 0.2) is 0 Å². The van der Waals surface area contributed by atoms with Gasteiger partial charge in [0.1, 0.15) is 0 Å². The molecule has 18 heavy (non-hydrogen) atoms. The van der Waals surface area contributed by atoms with E-state index >= 15 is 0 Å². The van der Waals surface area contributed by atoms with Crippen molar-refractivity contribution < 1.29 is 24.6 Å². The summed E-state index contributed by atoms with van der Waals surface area (Å²) >= 11 is 0. The van der Waals surface area contributed by atoms with Gasteiger partial charge in [-0.25, -0.2) is 9.59 Å². The Morgan fingerprint density at radius 2 is 1.83 bits per heavy atom. The SMILES string of the molecule is Cc1c(NC(=O)/C=C/C(=O)O)cccc1C(=O)O. The second-order valence-corrected chi connectivity index (χ2v) is 3.44. The lowest BCUT2D eigenvalue weighted by Crippen LogP contribution is -2.11. The number of aliphatic carboxylic acids is 1. The lowest BCUT2D eigenvalue weighted by Gasteiger charge is -2.08. The fourth-order valence-corrected chi connectivity index (χ4v) is 1.32. The predicted molar refractivity (Wildman–Crippen MR) is 63.5 cm³/mol. The fraction of sp³-hybridized carbons (Fsp3) is 0.0833. The van der Waals surface area contributed by atoms with Gasteiger partial charge < -0.3 is 15.5 Å². The summed E-state index contributed by atoms with van der Waals surface area (Å²) in [6.45, 7) is 1.56. The Morgan fingerprint density at radius 1 is 1.17 bits per heavy atom. The molecule has 0 saturated carbocycles. The molecular weight excluding hydrogens is 238 g/mol. The molecule has 94 valence electrons. The zero-order valence-electron chi connectivity index (χ0n) is 9.51. The van der Waals surface area contributed by atoms with E-state index in [9.17, 15) is 14.4 Å². The molecular formula is C12H11NO5. The van der Waals surface area contributed by atoms with E-state index in [4.69, 9.17) is 10.2 Å². The van der Waals surface area contributed by atoms with Crippen molar-refractivity contribution in [3.8, 4) is 0 Å². The second kappa shape index (κ2) is 5.62. The molecule has 6 nitrogen and oxygen atoms in total. The number of hydrogen-bond acceptors (Lipinski definition) is 3. The van der Waals surface area contributed by atoms with Crippen LogP contribution in [-0.2, 0) is 9.59 Å².